The summed E-state index contributed by atoms with van der Waals surface area (Å²) in [6, 6.07) is 5.59. The summed E-state index contributed by atoms with van der Waals surface area (Å²) in [6.07, 6.45) is 9.46. The van der Waals surface area contributed by atoms with Crippen LogP contribution < -0.4 is 9.64 Å². The number of amides is 2. The van der Waals surface area contributed by atoms with Gasteiger partial charge < -0.3 is 14.5 Å². The molecule has 4 rings (SSSR count). The van der Waals surface area contributed by atoms with Crippen molar-refractivity contribution in [3.63, 3.8) is 0 Å². The molecule has 5 heteroatoms. The standard InChI is InChI=1S/C23H32N2O3/c1-23(2)22(27)25(16-17-9-5-3-6-10-17)19-15-18(11-12-20(19)28-23)21(26)24-13-7-4-8-14-24/h11-12,15,17H,3-10,13-14,16H2,1-2H3. The van der Waals surface area contributed by atoms with Crippen LogP contribution in [-0.2, 0) is 4.79 Å². The third-order valence-corrected chi connectivity index (χ3v) is 6.43. The zero-order chi connectivity index (χ0) is 19.7. The number of rotatable bonds is 3. The highest BCUT2D eigenvalue weighted by Crippen LogP contribution is 2.40. The van der Waals surface area contributed by atoms with Gasteiger partial charge in [0.15, 0.2) is 5.60 Å². The fraction of sp³-hybridized carbons (Fsp3) is 0.652. The molecular formula is C23H32N2O3. The van der Waals surface area contributed by atoms with Crippen LogP contribution in [-0.4, -0.2) is 41.9 Å². The summed E-state index contributed by atoms with van der Waals surface area (Å²) in [4.78, 5) is 30.0. The van der Waals surface area contributed by atoms with Crippen LogP contribution in [0.15, 0.2) is 18.2 Å². The highest BCUT2D eigenvalue weighted by atomic mass is 16.5. The minimum absolute atomic E-state index is 0.00635. The Hall–Kier alpha value is -2.04. The second kappa shape index (κ2) is 7.76. The summed E-state index contributed by atoms with van der Waals surface area (Å²) in [5.41, 5.74) is 0.545. The second-order valence-corrected chi connectivity index (χ2v) is 9.07. The lowest BCUT2D eigenvalue weighted by Crippen LogP contribution is -2.53. The summed E-state index contributed by atoms with van der Waals surface area (Å²) < 4.78 is 6.02. The van der Waals surface area contributed by atoms with Gasteiger partial charge in [0.1, 0.15) is 5.75 Å². The van der Waals surface area contributed by atoms with Crippen LogP contribution in [0.1, 0.15) is 75.6 Å². The Bertz CT molecular complexity index is 746. The number of anilines is 1. The molecule has 0 atom stereocenters. The molecule has 5 nitrogen and oxygen atoms in total. The van der Waals surface area contributed by atoms with Crippen molar-refractivity contribution in [2.24, 2.45) is 5.92 Å². The average molecular weight is 385 g/mol. The van der Waals surface area contributed by atoms with Crippen LogP contribution in [0.3, 0.4) is 0 Å². The number of fused-ring (bicyclic) bond motifs is 1. The molecular weight excluding hydrogens is 352 g/mol. The molecule has 0 bridgehead atoms. The van der Waals surface area contributed by atoms with Gasteiger partial charge in [0.05, 0.1) is 5.69 Å². The monoisotopic (exact) mass is 384 g/mol. The maximum absolute atomic E-state index is 13.2. The zero-order valence-corrected chi connectivity index (χ0v) is 17.2. The van der Waals surface area contributed by atoms with E-state index in [0.29, 0.717) is 17.2 Å². The number of likely N-dealkylation sites (tertiary alicyclic amines) is 1. The number of hydrogen-bond donors (Lipinski definition) is 0. The molecule has 1 aromatic rings. The lowest BCUT2D eigenvalue weighted by molar-refractivity contribution is -0.132. The van der Waals surface area contributed by atoms with E-state index in [-0.39, 0.29) is 11.8 Å². The molecule has 2 amide bonds. The highest BCUT2D eigenvalue weighted by Gasteiger charge is 2.42. The van der Waals surface area contributed by atoms with Crippen molar-refractivity contribution < 1.29 is 14.3 Å². The van der Waals surface area contributed by atoms with E-state index in [2.05, 4.69) is 0 Å². The zero-order valence-electron chi connectivity index (χ0n) is 17.2. The molecule has 2 aliphatic heterocycles. The van der Waals surface area contributed by atoms with Crippen molar-refractivity contribution in [1.29, 1.82) is 0 Å². The second-order valence-electron chi connectivity index (χ2n) is 9.07. The van der Waals surface area contributed by atoms with Crippen LogP contribution in [0.5, 0.6) is 5.75 Å². The largest absolute Gasteiger partial charge is 0.476 e. The van der Waals surface area contributed by atoms with Gasteiger partial charge in [-0.2, -0.15) is 0 Å². The predicted molar refractivity (Wildman–Crippen MR) is 110 cm³/mol. The van der Waals surface area contributed by atoms with Crippen molar-refractivity contribution in [1.82, 2.24) is 4.90 Å². The number of ether oxygens (including phenoxy) is 1. The lowest BCUT2D eigenvalue weighted by Gasteiger charge is -2.41. The fourth-order valence-corrected chi connectivity index (χ4v) is 4.79. The van der Waals surface area contributed by atoms with Crippen LogP contribution >= 0.6 is 0 Å². The first-order chi connectivity index (χ1) is 13.5. The Morgan fingerprint density at radius 2 is 1.75 bits per heavy atom. The minimum atomic E-state index is -0.875. The van der Waals surface area contributed by atoms with Crippen LogP contribution in [0.2, 0.25) is 0 Å². The Morgan fingerprint density at radius 3 is 2.46 bits per heavy atom. The molecule has 0 spiro atoms. The predicted octanol–water partition coefficient (Wildman–Crippen LogP) is 4.40. The summed E-state index contributed by atoms with van der Waals surface area (Å²) in [5, 5.41) is 0. The molecule has 2 heterocycles. The SMILES string of the molecule is CC1(C)Oc2ccc(C(=O)N3CCCCC3)cc2N(CC2CCCCC2)C1=O. The van der Waals surface area contributed by atoms with Crippen molar-refractivity contribution >= 4 is 17.5 Å². The third kappa shape index (κ3) is 3.76. The van der Waals surface area contributed by atoms with Gasteiger partial charge in [-0.3, -0.25) is 9.59 Å². The molecule has 1 saturated carbocycles. The molecule has 0 unspecified atom stereocenters. The quantitative estimate of drug-likeness (QED) is 0.776. The number of nitrogens with zero attached hydrogens (tertiary/aromatic N) is 2. The van der Waals surface area contributed by atoms with E-state index < -0.39 is 5.60 Å². The number of hydrogen-bond acceptors (Lipinski definition) is 3. The molecule has 0 radical (unpaired) electrons. The summed E-state index contributed by atoms with van der Waals surface area (Å²) in [5.74, 6) is 1.29. The van der Waals surface area contributed by atoms with E-state index in [1.165, 1.54) is 38.5 Å². The van der Waals surface area contributed by atoms with Gasteiger partial charge in [0.2, 0.25) is 0 Å². The number of piperidine rings is 1. The van der Waals surface area contributed by atoms with Crippen LogP contribution in [0.4, 0.5) is 5.69 Å². The van der Waals surface area contributed by atoms with E-state index in [1.54, 1.807) is 0 Å². The molecule has 1 aliphatic carbocycles. The van der Waals surface area contributed by atoms with E-state index in [4.69, 9.17) is 4.74 Å². The molecule has 0 aromatic heterocycles. The molecule has 28 heavy (non-hydrogen) atoms. The minimum Gasteiger partial charge on any atom is -0.476 e. The first kappa shape index (κ1) is 19.3. The van der Waals surface area contributed by atoms with Gasteiger partial charge >= 0.3 is 0 Å². The summed E-state index contributed by atoms with van der Waals surface area (Å²) >= 11 is 0. The Balaban J connectivity index is 1.63. The van der Waals surface area contributed by atoms with Crippen LogP contribution in [0, 0.1) is 5.92 Å². The van der Waals surface area contributed by atoms with Gasteiger partial charge in [0.25, 0.3) is 11.8 Å². The topological polar surface area (TPSA) is 49.9 Å². The first-order valence-corrected chi connectivity index (χ1v) is 10.9. The molecule has 1 saturated heterocycles. The maximum atomic E-state index is 13.2. The lowest BCUT2D eigenvalue weighted by atomic mass is 9.88. The Morgan fingerprint density at radius 1 is 1.07 bits per heavy atom. The summed E-state index contributed by atoms with van der Waals surface area (Å²) in [7, 11) is 0. The normalized spacial score (nSPS) is 22.6. The highest BCUT2D eigenvalue weighted by molar-refractivity contribution is 6.04. The third-order valence-electron chi connectivity index (χ3n) is 6.43. The number of carbonyl (C=O) groups excluding carboxylic acids is 2. The van der Waals surface area contributed by atoms with Gasteiger partial charge in [-0.25, -0.2) is 0 Å². The van der Waals surface area contributed by atoms with E-state index in [9.17, 15) is 9.59 Å². The summed E-state index contributed by atoms with van der Waals surface area (Å²) in [6.45, 7) is 6.03. The number of benzene rings is 1. The molecule has 152 valence electrons. The van der Waals surface area contributed by atoms with E-state index >= 15 is 0 Å². The van der Waals surface area contributed by atoms with Gasteiger partial charge in [-0.1, -0.05) is 19.3 Å². The van der Waals surface area contributed by atoms with Crippen molar-refractivity contribution in [2.75, 3.05) is 24.5 Å². The molecule has 1 aromatic carbocycles. The van der Waals surface area contributed by atoms with Gasteiger partial charge in [-0.15, -0.1) is 0 Å². The molecule has 0 N–H and O–H groups in total. The Kier molecular flexibility index (Phi) is 5.35. The maximum Gasteiger partial charge on any atom is 0.270 e. The average Bonchev–Trinajstić information content (AvgIpc) is 2.72. The molecule has 3 aliphatic rings. The smallest absolute Gasteiger partial charge is 0.270 e. The van der Waals surface area contributed by atoms with Crippen molar-refractivity contribution in [2.45, 2.75) is 70.8 Å². The van der Waals surface area contributed by atoms with Gasteiger partial charge in [0, 0.05) is 25.2 Å². The Labute approximate surface area is 168 Å². The molecule has 2 fully saturated rings. The van der Waals surface area contributed by atoms with Crippen molar-refractivity contribution in [3.05, 3.63) is 23.8 Å². The van der Waals surface area contributed by atoms with Crippen LogP contribution in [0.25, 0.3) is 0 Å². The fourth-order valence-electron chi connectivity index (χ4n) is 4.79. The number of carbonyl (C=O) groups is 2. The van der Waals surface area contributed by atoms with Gasteiger partial charge in [-0.05, 0) is 70.1 Å². The van der Waals surface area contributed by atoms with E-state index in [0.717, 1.165) is 38.2 Å². The van der Waals surface area contributed by atoms with Crippen molar-refractivity contribution in [3.8, 4) is 5.75 Å². The first-order valence-electron chi connectivity index (χ1n) is 10.9. The van der Waals surface area contributed by atoms with E-state index in [1.807, 2.05) is 41.8 Å².